The van der Waals surface area contributed by atoms with E-state index >= 15 is 0 Å². The molecule has 0 radical (unpaired) electrons. The summed E-state index contributed by atoms with van der Waals surface area (Å²) in [5.41, 5.74) is 0.229. The molecule has 3 rings (SSSR count). The first-order valence-corrected chi connectivity index (χ1v) is 8.59. The third kappa shape index (κ3) is 4.47. The number of nitrogens with one attached hydrogen (secondary N) is 2. The summed E-state index contributed by atoms with van der Waals surface area (Å²) >= 11 is 0. The van der Waals surface area contributed by atoms with E-state index in [1.165, 1.54) is 6.07 Å². The summed E-state index contributed by atoms with van der Waals surface area (Å²) in [6, 6.07) is 6.81. The minimum Gasteiger partial charge on any atom is -0.467 e. The topological polar surface area (TPSA) is 71.3 Å². The molecule has 1 fully saturated rings. The lowest BCUT2D eigenvalue weighted by atomic mass is 9.81. The van der Waals surface area contributed by atoms with Crippen LogP contribution >= 0.6 is 0 Å². The standard InChI is InChI=1S/C19H20F2N2O3/c20-16-8-7-14(10-17(16)21)23-19(25)13-5-3-12(4-6-13)18(24)22-11-15-2-1-9-26-15/h1-2,7-10,12-13H,3-6,11H2,(H,22,24)(H,23,25). The van der Waals surface area contributed by atoms with Crippen molar-refractivity contribution < 1.29 is 22.8 Å². The molecule has 5 nitrogen and oxygen atoms in total. The lowest BCUT2D eigenvalue weighted by Crippen LogP contribution is -2.35. The van der Waals surface area contributed by atoms with Gasteiger partial charge in [-0.3, -0.25) is 9.59 Å². The summed E-state index contributed by atoms with van der Waals surface area (Å²) in [5, 5.41) is 5.45. The highest BCUT2D eigenvalue weighted by molar-refractivity contribution is 5.92. The minimum absolute atomic E-state index is 0.0409. The number of amides is 2. The number of hydrogen-bond donors (Lipinski definition) is 2. The maximum Gasteiger partial charge on any atom is 0.227 e. The Labute approximate surface area is 149 Å². The van der Waals surface area contributed by atoms with E-state index in [9.17, 15) is 18.4 Å². The van der Waals surface area contributed by atoms with Crippen LogP contribution < -0.4 is 10.6 Å². The van der Waals surface area contributed by atoms with Crippen LogP contribution in [0.5, 0.6) is 0 Å². The largest absolute Gasteiger partial charge is 0.467 e. The Morgan fingerprint density at radius 3 is 2.31 bits per heavy atom. The molecule has 1 aliphatic rings. The van der Waals surface area contributed by atoms with Crippen molar-refractivity contribution in [1.29, 1.82) is 0 Å². The lowest BCUT2D eigenvalue weighted by molar-refractivity contribution is -0.128. The van der Waals surface area contributed by atoms with E-state index in [1.807, 2.05) is 0 Å². The third-order valence-electron chi connectivity index (χ3n) is 4.67. The zero-order valence-corrected chi connectivity index (χ0v) is 14.1. The van der Waals surface area contributed by atoms with Gasteiger partial charge in [0.2, 0.25) is 11.8 Å². The van der Waals surface area contributed by atoms with E-state index in [1.54, 1.807) is 18.4 Å². The summed E-state index contributed by atoms with van der Waals surface area (Å²) in [5.74, 6) is -1.90. The van der Waals surface area contributed by atoms with E-state index in [4.69, 9.17) is 4.42 Å². The molecule has 0 atom stereocenters. The SMILES string of the molecule is O=C(NCc1ccco1)C1CCC(C(=O)Nc2ccc(F)c(F)c2)CC1. The maximum absolute atomic E-state index is 13.2. The molecular weight excluding hydrogens is 342 g/mol. The second-order valence-electron chi connectivity index (χ2n) is 6.46. The first-order chi connectivity index (χ1) is 12.5. The van der Waals surface area contributed by atoms with Gasteiger partial charge in [0.05, 0.1) is 12.8 Å². The maximum atomic E-state index is 13.2. The van der Waals surface area contributed by atoms with Gasteiger partial charge in [0.25, 0.3) is 0 Å². The van der Waals surface area contributed by atoms with Crippen molar-refractivity contribution in [2.45, 2.75) is 32.2 Å². The molecule has 0 spiro atoms. The average Bonchev–Trinajstić information content (AvgIpc) is 3.16. The van der Waals surface area contributed by atoms with Gasteiger partial charge in [-0.25, -0.2) is 8.78 Å². The van der Waals surface area contributed by atoms with Crippen molar-refractivity contribution in [3.8, 4) is 0 Å². The van der Waals surface area contributed by atoms with E-state index in [0.29, 0.717) is 38.0 Å². The van der Waals surface area contributed by atoms with Gasteiger partial charge >= 0.3 is 0 Å². The molecule has 26 heavy (non-hydrogen) atoms. The second kappa shape index (κ2) is 8.12. The predicted molar refractivity (Wildman–Crippen MR) is 91.0 cm³/mol. The van der Waals surface area contributed by atoms with Crippen molar-refractivity contribution >= 4 is 17.5 Å². The normalized spacial score (nSPS) is 19.8. The fraction of sp³-hybridized carbons (Fsp3) is 0.368. The summed E-state index contributed by atoms with van der Waals surface area (Å²) in [7, 11) is 0. The Morgan fingerprint density at radius 1 is 1.00 bits per heavy atom. The molecule has 2 amide bonds. The van der Waals surface area contributed by atoms with Gasteiger partial charge in [-0.2, -0.15) is 0 Å². The van der Waals surface area contributed by atoms with Crippen LogP contribution in [-0.2, 0) is 16.1 Å². The number of hydrogen-bond acceptors (Lipinski definition) is 3. The van der Waals surface area contributed by atoms with E-state index in [2.05, 4.69) is 10.6 Å². The monoisotopic (exact) mass is 362 g/mol. The summed E-state index contributed by atoms with van der Waals surface area (Å²) in [6.07, 6.45) is 3.93. The van der Waals surface area contributed by atoms with Gasteiger partial charge in [0, 0.05) is 23.6 Å². The van der Waals surface area contributed by atoms with Crippen LogP contribution in [0.25, 0.3) is 0 Å². The van der Waals surface area contributed by atoms with Crippen molar-refractivity contribution in [1.82, 2.24) is 5.32 Å². The average molecular weight is 362 g/mol. The molecule has 2 N–H and O–H groups in total. The van der Waals surface area contributed by atoms with Crippen LogP contribution in [0, 0.1) is 23.5 Å². The third-order valence-corrected chi connectivity index (χ3v) is 4.67. The van der Waals surface area contributed by atoms with Crippen LogP contribution in [0.4, 0.5) is 14.5 Å². The van der Waals surface area contributed by atoms with E-state index < -0.39 is 11.6 Å². The fourth-order valence-electron chi connectivity index (χ4n) is 3.17. The molecule has 1 aromatic carbocycles. The second-order valence-corrected chi connectivity index (χ2v) is 6.46. The molecule has 0 unspecified atom stereocenters. The van der Waals surface area contributed by atoms with Gasteiger partial charge in [0.1, 0.15) is 5.76 Å². The van der Waals surface area contributed by atoms with Crippen LogP contribution in [0.1, 0.15) is 31.4 Å². The molecule has 2 aromatic rings. The molecule has 0 bridgehead atoms. The van der Waals surface area contributed by atoms with Crippen LogP contribution in [0.15, 0.2) is 41.0 Å². The van der Waals surface area contributed by atoms with Gasteiger partial charge < -0.3 is 15.1 Å². The molecule has 7 heteroatoms. The highest BCUT2D eigenvalue weighted by atomic mass is 19.2. The molecule has 1 aliphatic carbocycles. The van der Waals surface area contributed by atoms with Crippen LogP contribution in [0.3, 0.4) is 0 Å². The van der Waals surface area contributed by atoms with E-state index in [0.717, 1.165) is 12.1 Å². The number of benzene rings is 1. The molecule has 0 saturated heterocycles. The van der Waals surface area contributed by atoms with Gasteiger partial charge in [0.15, 0.2) is 11.6 Å². The Bertz CT molecular complexity index is 769. The first-order valence-electron chi connectivity index (χ1n) is 8.59. The van der Waals surface area contributed by atoms with Gasteiger partial charge in [-0.15, -0.1) is 0 Å². The van der Waals surface area contributed by atoms with Crippen molar-refractivity contribution in [2.24, 2.45) is 11.8 Å². The fourth-order valence-corrected chi connectivity index (χ4v) is 3.17. The highest BCUT2D eigenvalue weighted by Crippen LogP contribution is 2.30. The molecule has 0 aliphatic heterocycles. The molecule has 138 valence electrons. The van der Waals surface area contributed by atoms with Crippen molar-refractivity contribution in [3.63, 3.8) is 0 Å². The Kier molecular flexibility index (Phi) is 5.65. The Balaban J connectivity index is 1.45. The minimum atomic E-state index is -1.00. The summed E-state index contributed by atoms with van der Waals surface area (Å²) < 4.78 is 31.3. The molecule has 1 saturated carbocycles. The van der Waals surface area contributed by atoms with Crippen molar-refractivity contribution in [2.75, 3.05) is 5.32 Å². The zero-order chi connectivity index (χ0) is 18.5. The van der Waals surface area contributed by atoms with E-state index in [-0.39, 0.29) is 29.3 Å². The van der Waals surface area contributed by atoms with Crippen molar-refractivity contribution in [3.05, 3.63) is 54.0 Å². The van der Waals surface area contributed by atoms with Gasteiger partial charge in [-0.1, -0.05) is 0 Å². The van der Waals surface area contributed by atoms with Gasteiger partial charge in [-0.05, 0) is 49.9 Å². The molecule has 1 heterocycles. The zero-order valence-electron chi connectivity index (χ0n) is 14.1. The summed E-state index contributed by atoms with van der Waals surface area (Å²) in [4.78, 5) is 24.5. The highest BCUT2D eigenvalue weighted by Gasteiger charge is 2.30. The smallest absolute Gasteiger partial charge is 0.227 e. The molecule has 1 aromatic heterocycles. The molecular formula is C19H20F2N2O3. The number of halogens is 2. The summed E-state index contributed by atoms with van der Waals surface area (Å²) in [6.45, 7) is 0.350. The van der Waals surface area contributed by atoms with Crippen LogP contribution in [0.2, 0.25) is 0 Å². The lowest BCUT2D eigenvalue weighted by Gasteiger charge is -2.27. The predicted octanol–water partition coefficient (Wildman–Crippen LogP) is 3.62. The number of carbonyl (C=O) groups is 2. The first kappa shape index (κ1) is 18.1. The number of furan rings is 1. The Hall–Kier alpha value is -2.70. The number of rotatable bonds is 5. The Morgan fingerprint density at radius 2 is 1.69 bits per heavy atom. The number of carbonyl (C=O) groups excluding carboxylic acids is 2. The quantitative estimate of drug-likeness (QED) is 0.853. The number of anilines is 1. The van der Waals surface area contributed by atoms with Crippen LogP contribution in [-0.4, -0.2) is 11.8 Å².